The highest BCUT2D eigenvalue weighted by molar-refractivity contribution is 8.01. The Hall–Kier alpha value is -1.49. The Morgan fingerprint density at radius 3 is 2.95 bits per heavy atom. The Labute approximate surface area is 122 Å². The van der Waals surface area contributed by atoms with Crippen LogP contribution in [-0.2, 0) is 4.79 Å². The summed E-state index contributed by atoms with van der Waals surface area (Å²) in [7, 11) is 0. The molecule has 1 aromatic carbocycles. The molecule has 0 aliphatic carbocycles. The quantitative estimate of drug-likeness (QED) is 0.639. The van der Waals surface area contributed by atoms with E-state index in [1.807, 2.05) is 36.1 Å². The van der Waals surface area contributed by atoms with E-state index in [0.29, 0.717) is 18.7 Å². The van der Waals surface area contributed by atoms with Gasteiger partial charge in [0.1, 0.15) is 0 Å². The van der Waals surface area contributed by atoms with Crippen LogP contribution in [0, 0.1) is 0 Å². The van der Waals surface area contributed by atoms with Crippen LogP contribution in [0.3, 0.4) is 0 Å². The first kappa shape index (κ1) is 13.5. The first-order valence-corrected chi connectivity index (χ1v) is 7.90. The van der Waals surface area contributed by atoms with E-state index in [9.17, 15) is 4.79 Å². The number of carbonyl (C=O) groups excluding carboxylic acids is 1. The van der Waals surface area contributed by atoms with Crippen LogP contribution in [0.1, 0.15) is 31.7 Å². The molecule has 0 bridgehead atoms. The number of oxime groups is 1. The van der Waals surface area contributed by atoms with Gasteiger partial charge in [-0.1, -0.05) is 23.4 Å². The van der Waals surface area contributed by atoms with E-state index >= 15 is 0 Å². The van der Waals surface area contributed by atoms with Crippen LogP contribution in [0.15, 0.2) is 29.4 Å². The second-order valence-electron chi connectivity index (χ2n) is 5.45. The van der Waals surface area contributed by atoms with Crippen molar-refractivity contribution in [2.75, 3.05) is 17.2 Å². The van der Waals surface area contributed by atoms with Crippen molar-refractivity contribution < 1.29 is 10.0 Å². The lowest BCUT2D eigenvalue weighted by Gasteiger charge is -2.35. The number of benzene rings is 1. The second-order valence-corrected chi connectivity index (χ2v) is 7.05. The Morgan fingerprint density at radius 1 is 1.45 bits per heavy atom. The van der Waals surface area contributed by atoms with E-state index < -0.39 is 0 Å². The summed E-state index contributed by atoms with van der Waals surface area (Å²) in [5.41, 5.74) is 2.39. The first-order valence-electron chi connectivity index (χ1n) is 6.92. The van der Waals surface area contributed by atoms with Gasteiger partial charge < -0.3 is 10.1 Å². The third-order valence-electron chi connectivity index (χ3n) is 4.12. The molecule has 20 heavy (non-hydrogen) atoms. The van der Waals surface area contributed by atoms with E-state index in [2.05, 4.69) is 5.16 Å². The maximum absolute atomic E-state index is 12.9. The highest BCUT2D eigenvalue weighted by Gasteiger charge is 2.41. The van der Waals surface area contributed by atoms with Crippen molar-refractivity contribution in [1.29, 1.82) is 0 Å². The van der Waals surface area contributed by atoms with Gasteiger partial charge in [0.2, 0.25) is 5.91 Å². The number of anilines is 1. The second kappa shape index (κ2) is 5.13. The molecule has 1 fully saturated rings. The van der Waals surface area contributed by atoms with Gasteiger partial charge in [-0.3, -0.25) is 4.79 Å². The zero-order valence-corrected chi connectivity index (χ0v) is 12.3. The predicted molar refractivity (Wildman–Crippen MR) is 81.8 cm³/mol. The third kappa shape index (κ3) is 2.10. The van der Waals surface area contributed by atoms with Crippen molar-refractivity contribution in [3.05, 3.63) is 29.8 Å². The van der Waals surface area contributed by atoms with Gasteiger partial charge in [-0.25, -0.2) is 0 Å². The van der Waals surface area contributed by atoms with Gasteiger partial charge >= 0.3 is 0 Å². The van der Waals surface area contributed by atoms with E-state index in [4.69, 9.17) is 5.21 Å². The van der Waals surface area contributed by atoms with Gasteiger partial charge in [-0.2, -0.15) is 0 Å². The number of nitrogens with zero attached hydrogens (tertiary/aromatic N) is 2. The molecular formula is C15H18N2O2S. The zero-order valence-electron chi connectivity index (χ0n) is 11.5. The number of hydrogen-bond acceptors (Lipinski definition) is 4. The average molecular weight is 290 g/mol. The van der Waals surface area contributed by atoms with Crippen LogP contribution in [0.25, 0.3) is 0 Å². The van der Waals surface area contributed by atoms with E-state index in [-0.39, 0.29) is 10.7 Å². The highest BCUT2D eigenvalue weighted by Crippen LogP contribution is 2.41. The minimum atomic E-state index is -0.305. The normalized spacial score (nSPS) is 27.6. The summed E-state index contributed by atoms with van der Waals surface area (Å²) in [5, 5.41) is 12.5. The minimum Gasteiger partial charge on any atom is -0.411 e. The zero-order chi connectivity index (χ0) is 14.2. The van der Waals surface area contributed by atoms with Crippen LogP contribution in [0.5, 0.6) is 0 Å². The largest absolute Gasteiger partial charge is 0.411 e. The highest BCUT2D eigenvalue weighted by atomic mass is 32.2. The summed E-state index contributed by atoms with van der Waals surface area (Å²) < 4.78 is -0.305. The molecule has 2 heterocycles. The van der Waals surface area contributed by atoms with Gasteiger partial charge in [0, 0.05) is 18.5 Å². The van der Waals surface area contributed by atoms with E-state index in [1.54, 1.807) is 11.8 Å². The van der Waals surface area contributed by atoms with Gasteiger partial charge in [0.25, 0.3) is 0 Å². The SMILES string of the molecule is CC1(C(=O)N2CC/C(=N/O)c3ccccc32)CCCS1. The molecule has 0 saturated carbocycles. The number of fused-ring (bicyclic) bond motifs is 1. The van der Waals surface area contributed by atoms with Crippen LogP contribution in [0.4, 0.5) is 5.69 Å². The monoisotopic (exact) mass is 290 g/mol. The first-order chi connectivity index (χ1) is 9.65. The molecule has 1 amide bonds. The van der Waals surface area contributed by atoms with Crippen LogP contribution in [0.2, 0.25) is 0 Å². The maximum atomic E-state index is 12.9. The molecule has 1 atom stereocenters. The molecule has 3 rings (SSSR count). The Morgan fingerprint density at radius 2 is 2.25 bits per heavy atom. The van der Waals surface area contributed by atoms with Crippen LogP contribution >= 0.6 is 11.8 Å². The van der Waals surface area contributed by atoms with Gasteiger partial charge in [0.15, 0.2) is 0 Å². The third-order valence-corrected chi connectivity index (χ3v) is 5.62. The van der Waals surface area contributed by atoms with E-state index in [1.165, 1.54) is 0 Å². The smallest absolute Gasteiger partial charge is 0.242 e. The van der Waals surface area contributed by atoms with Crippen molar-refractivity contribution in [3.8, 4) is 0 Å². The topological polar surface area (TPSA) is 52.9 Å². The van der Waals surface area contributed by atoms with Crippen molar-refractivity contribution >= 4 is 29.1 Å². The summed E-state index contributed by atoms with van der Waals surface area (Å²) in [4.78, 5) is 14.7. The van der Waals surface area contributed by atoms with Gasteiger partial charge in [-0.05, 0) is 31.6 Å². The average Bonchev–Trinajstić information content (AvgIpc) is 2.93. The van der Waals surface area contributed by atoms with Crippen molar-refractivity contribution in [1.82, 2.24) is 0 Å². The Bertz CT molecular complexity index is 565. The van der Waals surface area contributed by atoms with Crippen LogP contribution in [-0.4, -0.2) is 33.9 Å². The van der Waals surface area contributed by atoms with Crippen molar-refractivity contribution in [2.45, 2.75) is 30.9 Å². The molecule has 0 aromatic heterocycles. The van der Waals surface area contributed by atoms with Crippen LogP contribution < -0.4 is 4.90 Å². The number of carbonyl (C=O) groups is 1. The fourth-order valence-electron chi connectivity index (χ4n) is 2.97. The standard InChI is InChI=1S/C15H18N2O2S/c1-15(8-4-10-20-15)14(18)17-9-7-12(16-19)11-5-2-3-6-13(11)17/h2-3,5-6,19H,4,7-10H2,1H3/b16-12-. The summed E-state index contributed by atoms with van der Waals surface area (Å²) in [6.45, 7) is 2.64. The van der Waals surface area contributed by atoms with E-state index in [0.717, 1.165) is 29.8 Å². The van der Waals surface area contributed by atoms with Crippen molar-refractivity contribution in [2.24, 2.45) is 5.16 Å². The predicted octanol–water partition coefficient (Wildman–Crippen LogP) is 2.89. The number of amides is 1. The molecule has 1 aromatic rings. The molecule has 2 aliphatic rings. The molecular weight excluding hydrogens is 272 g/mol. The molecule has 0 radical (unpaired) electrons. The number of hydrogen-bond donors (Lipinski definition) is 1. The lowest BCUT2D eigenvalue weighted by molar-refractivity contribution is -0.120. The molecule has 106 valence electrons. The maximum Gasteiger partial charge on any atom is 0.242 e. The molecule has 1 unspecified atom stereocenters. The van der Waals surface area contributed by atoms with Gasteiger partial charge in [-0.15, -0.1) is 11.8 Å². The molecule has 5 heteroatoms. The Balaban J connectivity index is 1.98. The number of rotatable bonds is 1. The fraction of sp³-hybridized carbons (Fsp3) is 0.467. The van der Waals surface area contributed by atoms with Crippen molar-refractivity contribution in [3.63, 3.8) is 0 Å². The number of thioether (sulfide) groups is 1. The molecule has 1 N–H and O–H groups in total. The molecule has 2 aliphatic heterocycles. The number of para-hydroxylation sites is 1. The summed E-state index contributed by atoms with van der Waals surface area (Å²) in [6, 6.07) is 7.67. The summed E-state index contributed by atoms with van der Waals surface area (Å²) >= 11 is 1.76. The lowest BCUT2D eigenvalue weighted by Crippen LogP contribution is -2.47. The Kier molecular flexibility index (Phi) is 3.46. The fourth-order valence-corrected chi connectivity index (χ4v) is 4.24. The molecule has 4 nitrogen and oxygen atoms in total. The minimum absolute atomic E-state index is 0.185. The summed E-state index contributed by atoms with van der Waals surface area (Å²) in [5.74, 6) is 1.24. The lowest BCUT2D eigenvalue weighted by atomic mass is 9.96. The molecule has 0 spiro atoms. The molecule has 1 saturated heterocycles. The van der Waals surface area contributed by atoms with Gasteiger partial charge in [0.05, 0.1) is 16.1 Å². The summed E-state index contributed by atoms with van der Waals surface area (Å²) in [6.07, 6.45) is 2.64.